The monoisotopic (exact) mass is 324 g/mol. The van der Waals surface area contributed by atoms with Gasteiger partial charge in [-0.1, -0.05) is 27.2 Å². The topological polar surface area (TPSA) is 38.9 Å². The second-order valence-electron chi connectivity index (χ2n) is 6.66. The molecule has 3 heteroatoms. The van der Waals surface area contributed by atoms with Gasteiger partial charge in [-0.2, -0.15) is 0 Å². The van der Waals surface area contributed by atoms with Crippen molar-refractivity contribution in [3.05, 3.63) is 28.5 Å². The number of halogens is 1. The van der Waals surface area contributed by atoms with Crippen molar-refractivity contribution in [1.82, 2.24) is 4.98 Å². The van der Waals surface area contributed by atoms with Crippen LogP contribution >= 0.6 is 15.9 Å². The molecule has 106 valence electrons. The Morgan fingerprint density at radius 2 is 2.16 bits per heavy atom. The van der Waals surface area contributed by atoms with Crippen molar-refractivity contribution in [3.63, 3.8) is 0 Å². The average Bonchev–Trinajstić information content (AvgIpc) is 2.27. The Balaban J connectivity index is 2.21. The summed E-state index contributed by atoms with van der Waals surface area (Å²) in [5.41, 5.74) is 8.01. The van der Waals surface area contributed by atoms with Gasteiger partial charge in [0.15, 0.2) is 0 Å². The summed E-state index contributed by atoms with van der Waals surface area (Å²) in [6.45, 7) is 6.94. The van der Waals surface area contributed by atoms with Gasteiger partial charge in [-0.15, -0.1) is 0 Å². The van der Waals surface area contributed by atoms with E-state index in [1.54, 1.807) is 0 Å². The van der Waals surface area contributed by atoms with Crippen LogP contribution in [0.2, 0.25) is 0 Å². The Bertz CT molecular complexity index is 433. The minimum Gasteiger partial charge on any atom is -0.325 e. The van der Waals surface area contributed by atoms with Crippen LogP contribution in [0.25, 0.3) is 0 Å². The molecule has 2 N–H and O–H groups in total. The van der Waals surface area contributed by atoms with Crippen LogP contribution in [0.15, 0.2) is 22.9 Å². The Morgan fingerprint density at radius 3 is 2.79 bits per heavy atom. The maximum absolute atomic E-state index is 6.83. The zero-order valence-electron chi connectivity index (χ0n) is 12.2. The van der Waals surface area contributed by atoms with E-state index in [4.69, 9.17) is 5.73 Å². The van der Waals surface area contributed by atoms with Gasteiger partial charge >= 0.3 is 0 Å². The van der Waals surface area contributed by atoms with Crippen LogP contribution in [0.4, 0.5) is 0 Å². The smallest absolute Gasteiger partial charge is 0.0410 e. The highest BCUT2D eigenvalue weighted by atomic mass is 79.9. The van der Waals surface area contributed by atoms with Gasteiger partial charge in [0, 0.05) is 22.4 Å². The van der Waals surface area contributed by atoms with Crippen LogP contribution in [0.3, 0.4) is 0 Å². The minimum atomic E-state index is -0.0751. The molecule has 0 saturated heterocycles. The van der Waals surface area contributed by atoms with Gasteiger partial charge in [0.05, 0.1) is 0 Å². The summed E-state index contributed by atoms with van der Waals surface area (Å²) in [6.07, 6.45) is 8.43. The van der Waals surface area contributed by atoms with E-state index in [1.807, 2.05) is 12.4 Å². The molecule has 1 aromatic heterocycles. The van der Waals surface area contributed by atoms with E-state index in [-0.39, 0.29) is 5.54 Å². The molecule has 1 saturated carbocycles. The molecule has 3 atom stereocenters. The van der Waals surface area contributed by atoms with Crippen LogP contribution < -0.4 is 5.73 Å². The maximum atomic E-state index is 6.83. The summed E-state index contributed by atoms with van der Waals surface area (Å²) < 4.78 is 1.04. The molecule has 2 nitrogen and oxygen atoms in total. The van der Waals surface area contributed by atoms with Crippen molar-refractivity contribution in [1.29, 1.82) is 0 Å². The second-order valence-corrected chi connectivity index (χ2v) is 7.57. The van der Waals surface area contributed by atoms with E-state index in [1.165, 1.54) is 18.4 Å². The number of nitrogens with zero attached hydrogens (tertiary/aromatic N) is 1. The molecular weight excluding hydrogens is 300 g/mol. The van der Waals surface area contributed by atoms with Crippen LogP contribution in [0.5, 0.6) is 0 Å². The molecule has 0 bridgehead atoms. The van der Waals surface area contributed by atoms with E-state index >= 15 is 0 Å². The fourth-order valence-corrected chi connectivity index (χ4v) is 4.20. The molecule has 1 heterocycles. The molecule has 1 fully saturated rings. The molecule has 0 radical (unpaired) electrons. The van der Waals surface area contributed by atoms with E-state index in [9.17, 15) is 0 Å². The first-order valence-corrected chi connectivity index (χ1v) is 8.08. The quantitative estimate of drug-likeness (QED) is 0.905. The van der Waals surface area contributed by atoms with Crippen molar-refractivity contribution in [2.45, 2.75) is 52.0 Å². The first-order valence-electron chi connectivity index (χ1n) is 7.29. The molecule has 1 aliphatic carbocycles. The van der Waals surface area contributed by atoms with E-state index in [0.717, 1.165) is 23.2 Å². The standard InChI is InChI=1S/C16H25BrN2/c1-11(2)15-5-4-12(3)7-16(15,18)8-13-6-14(17)10-19-9-13/h6,9-12,15H,4-5,7-8,18H2,1-3H3. The van der Waals surface area contributed by atoms with Crippen LogP contribution in [-0.4, -0.2) is 10.5 Å². The van der Waals surface area contributed by atoms with Gasteiger partial charge in [0.2, 0.25) is 0 Å². The van der Waals surface area contributed by atoms with Gasteiger partial charge in [-0.3, -0.25) is 4.98 Å². The molecule has 0 aromatic carbocycles. The third-order valence-corrected chi connectivity index (χ3v) is 4.97. The van der Waals surface area contributed by atoms with Crippen molar-refractivity contribution >= 4 is 15.9 Å². The Hall–Kier alpha value is -0.410. The van der Waals surface area contributed by atoms with Crippen molar-refractivity contribution in [2.75, 3.05) is 0 Å². The SMILES string of the molecule is CC1CCC(C(C)C)C(N)(Cc2cncc(Br)c2)C1. The molecule has 19 heavy (non-hydrogen) atoms. The first-order chi connectivity index (χ1) is 8.90. The summed E-state index contributed by atoms with van der Waals surface area (Å²) in [4.78, 5) is 4.27. The molecule has 0 amide bonds. The molecule has 3 unspecified atom stereocenters. The van der Waals surface area contributed by atoms with Gasteiger partial charge in [-0.25, -0.2) is 0 Å². The predicted molar refractivity (Wildman–Crippen MR) is 83.9 cm³/mol. The van der Waals surface area contributed by atoms with Crippen LogP contribution in [0.1, 0.15) is 45.6 Å². The molecular formula is C16H25BrN2. The Labute approximate surface area is 125 Å². The number of nitrogens with two attached hydrogens (primary N) is 1. The van der Waals surface area contributed by atoms with Gasteiger partial charge in [0.1, 0.15) is 0 Å². The highest BCUT2D eigenvalue weighted by molar-refractivity contribution is 9.10. The molecule has 2 rings (SSSR count). The summed E-state index contributed by atoms with van der Waals surface area (Å²) >= 11 is 3.50. The zero-order valence-corrected chi connectivity index (χ0v) is 13.8. The highest BCUT2D eigenvalue weighted by Crippen LogP contribution is 2.41. The van der Waals surface area contributed by atoms with Crippen LogP contribution in [0, 0.1) is 17.8 Å². The van der Waals surface area contributed by atoms with Crippen molar-refractivity contribution in [3.8, 4) is 0 Å². The minimum absolute atomic E-state index is 0.0751. The fourth-order valence-electron chi connectivity index (χ4n) is 3.79. The lowest BCUT2D eigenvalue weighted by molar-refractivity contribution is 0.109. The number of rotatable bonds is 3. The third-order valence-electron chi connectivity index (χ3n) is 4.54. The number of hydrogen-bond donors (Lipinski definition) is 1. The summed E-state index contributed by atoms with van der Waals surface area (Å²) in [7, 11) is 0. The normalized spacial score (nSPS) is 31.7. The van der Waals surface area contributed by atoms with Gasteiger partial charge < -0.3 is 5.73 Å². The summed E-state index contributed by atoms with van der Waals surface area (Å²) in [5, 5.41) is 0. The lowest BCUT2D eigenvalue weighted by atomic mass is 9.63. The maximum Gasteiger partial charge on any atom is 0.0410 e. The molecule has 1 aliphatic rings. The van der Waals surface area contributed by atoms with Gasteiger partial charge in [0.25, 0.3) is 0 Å². The average molecular weight is 325 g/mol. The number of pyridine rings is 1. The van der Waals surface area contributed by atoms with E-state index < -0.39 is 0 Å². The molecule has 1 aromatic rings. The lowest BCUT2D eigenvalue weighted by Crippen LogP contribution is -2.54. The van der Waals surface area contributed by atoms with E-state index in [0.29, 0.717) is 11.8 Å². The zero-order chi connectivity index (χ0) is 14.0. The van der Waals surface area contributed by atoms with Gasteiger partial charge in [-0.05, 0) is 64.6 Å². The van der Waals surface area contributed by atoms with Crippen LogP contribution in [-0.2, 0) is 6.42 Å². The largest absolute Gasteiger partial charge is 0.325 e. The summed E-state index contributed by atoms with van der Waals surface area (Å²) in [5.74, 6) is 2.00. The molecule has 0 spiro atoms. The Morgan fingerprint density at radius 1 is 1.42 bits per heavy atom. The predicted octanol–water partition coefficient (Wildman–Crippen LogP) is 4.18. The van der Waals surface area contributed by atoms with Crippen molar-refractivity contribution in [2.24, 2.45) is 23.5 Å². The fraction of sp³-hybridized carbons (Fsp3) is 0.688. The Kier molecular flexibility index (Phi) is 4.67. The summed E-state index contributed by atoms with van der Waals surface area (Å²) in [6, 6.07) is 2.15. The highest BCUT2D eigenvalue weighted by Gasteiger charge is 2.41. The third kappa shape index (κ3) is 3.57. The second kappa shape index (κ2) is 5.92. The lowest BCUT2D eigenvalue weighted by Gasteiger charge is -2.46. The first kappa shape index (κ1) is 15.0. The van der Waals surface area contributed by atoms with Crippen molar-refractivity contribution < 1.29 is 0 Å². The number of aromatic nitrogens is 1. The van der Waals surface area contributed by atoms with E-state index in [2.05, 4.69) is 47.8 Å². The number of hydrogen-bond acceptors (Lipinski definition) is 2. The molecule has 0 aliphatic heterocycles.